The summed E-state index contributed by atoms with van der Waals surface area (Å²) in [4.78, 5) is 4.23. The molecule has 0 saturated heterocycles. The number of aliphatic hydroxyl groups excluding tert-OH is 1. The summed E-state index contributed by atoms with van der Waals surface area (Å²) >= 11 is 0. The predicted octanol–water partition coefficient (Wildman–Crippen LogP) is 3.28. The fourth-order valence-electron chi connectivity index (χ4n) is 2.32. The minimum absolute atomic E-state index is 0.488. The van der Waals surface area contributed by atoms with Crippen molar-refractivity contribution in [1.29, 1.82) is 0 Å². The molecule has 0 spiro atoms. The van der Waals surface area contributed by atoms with Crippen molar-refractivity contribution in [2.45, 2.75) is 33.3 Å². The zero-order valence-electron chi connectivity index (χ0n) is 11.1. The molecule has 1 unspecified atom stereocenters. The largest absolute Gasteiger partial charge is 0.388 e. The summed E-state index contributed by atoms with van der Waals surface area (Å²) in [5.41, 5.74) is 5.51. The van der Waals surface area contributed by atoms with E-state index in [4.69, 9.17) is 0 Å². The summed E-state index contributed by atoms with van der Waals surface area (Å²) < 4.78 is 0. The lowest BCUT2D eigenvalue weighted by atomic mass is 9.94. The standard InChI is InChI=1S/C16H19NO/c1-11-6-4-7-12(2)15(11)10-16(18)14-8-5-9-17-13(14)3/h4-9,16,18H,10H2,1-3H3. The molecule has 0 bridgehead atoms. The lowest BCUT2D eigenvalue weighted by molar-refractivity contribution is 0.177. The van der Waals surface area contributed by atoms with Crippen LogP contribution in [0.25, 0.3) is 0 Å². The van der Waals surface area contributed by atoms with Gasteiger partial charge in [-0.1, -0.05) is 24.3 Å². The Hall–Kier alpha value is -1.67. The van der Waals surface area contributed by atoms with Crippen LogP contribution >= 0.6 is 0 Å². The van der Waals surface area contributed by atoms with E-state index in [-0.39, 0.29) is 0 Å². The van der Waals surface area contributed by atoms with Crippen molar-refractivity contribution in [3.63, 3.8) is 0 Å². The van der Waals surface area contributed by atoms with Gasteiger partial charge < -0.3 is 5.11 Å². The fraction of sp³-hybridized carbons (Fsp3) is 0.312. The second-order valence-corrected chi connectivity index (χ2v) is 4.77. The van der Waals surface area contributed by atoms with Crippen molar-refractivity contribution in [2.75, 3.05) is 0 Å². The maximum Gasteiger partial charge on any atom is 0.0848 e. The van der Waals surface area contributed by atoms with Gasteiger partial charge >= 0.3 is 0 Å². The molecule has 2 aromatic rings. The number of rotatable bonds is 3. The Bertz CT molecular complexity index is 528. The van der Waals surface area contributed by atoms with Crippen LogP contribution in [0, 0.1) is 20.8 Å². The van der Waals surface area contributed by atoms with E-state index < -0.39 is 6.10 Å². The summed E-state index contributed by atoms with van der Waals surface area (Å²) in [5, 5.41) is 10.4. The lowest BCUT2D eigenvalue weighted by Crippen LogP contribution is -2.07. The summed E-state index contributed by atoms with van der Waals surface area (Å²) in [7, 11) is 0. The lowest BCUT2D eigenvalue weighted by Gasteiger charge is -2.16. The quantitative estimate of drug-likeness (QED) is 0.894. The Morgan fingerprint density at radius 1 is 1.06 bits per heavy atom. The van der Waals surface area contributed by atoms with Gasteiger partial charge in [0.05, 0.1) is 6.10 Å². The van der Waals surface area contributed by atoms with Crippen molar-refractivity contribution >= 4 is 0 Å². The van der Waals surface area contributed by atoms with Gasteiger partial charge in [-0.2, -0.15) is 0 Å². The van der Waals surface area contributed by atoms with E-state index in [1.807, 2.05) is 19.1 Å². The monoisotopic (exact) mass is 241 g/mol. The molecule has 1 aromatic carbocycles. The van der Waals surface area contributed by atoms with E-state index in [9.17, 15) is 5.11 Å². The van der Waals surface area contributed by atoms with Crippen LogP contribution in [0.2, 0.25) is 0 Å². The smallest absolute Gasteiger partial charge is 0.0848 e. The van der Waals surface area contributed by atoms with Crippen molar-refractivity contribution in [3.05, 3.63) is 64.5 Å². The van der Waals surface area contributed by atoms with Gasteiger partial charge in [0.25, 0.3) is 0 Å². The SMILES string of the molecule is Cc1cccc(C)c1CC(O)c1cccnc1C. The molecule has 18 heavy (non-hydrogen) atoms. The van der Waals surface area contributed by atoms with Crippen LogP contribution < -0.4 is 0 Å². The van der Waals surface area contributed by atoms with Crippen molar-refractivity contribution in [1.82, 2.24) is 4.98 Å². The average Bonchev–Trinajstić information content (AvgIpc) is 2.34. The van der Waals surface area contributed by atoms with Crippen LogP contribution in [0.3, 0.4) is 0 Å². The fourth-order valence-corrected chi connectivity index (χ4v) is 2.32. The molecule has 0 fully saturated rings. The average molecular weight is 241 g/mol. The highest BCUT2D eigenvalue weighted by Crippen LogP contribution is 2.23. The van der Waals surface area contributed by atoms with Gasteiger partial charge in [-0.3, -0.25) is 4.98 Å². The first-order chi connectivity index (χ1) is 8.59. The Kier molecular flexibility index (Phi) is 3.78. The zero-order chi connectivity index (χ0) is 13.1. The van der Waals surface area contributed by atoms with Crippen molar-refractivity contribution in [3.8, 4) is 0 Å². The second kappa shape index (κ2) is 5.32. The highest BCUT2D eigenvalue weighted by atomic mass is 16.3. The summed E-state index contributed by atoms with van der Waals surface area (Å²) in [6, 6.07) is 10.0. The molecule has 1 atom stereocenters. The topological polar surface area (TPSA) is 33.1 Å². The van der Waals surface area contributed by atoms with E-state index in [0.717, 1.165) is 11.3 Å². The maximum absolute atomic E-state index is 10.4. The molecule has 0 radical (unpaired) electrons. The first kappa shape index (κ1) is 12.8. The molecule has 0 aliphatic carbocycles. The van der Waals surface area contributed by atoms with Crippen LogP contribution in [-0.2, 0) is 6.42 Å². The molecule has 2 rings (SSSR count). The number of hydrogen-bond donors (Lipinski definition) is 1. The Morgan fingerprint density at radius 3 is 2.33 bits per heavy atom. The van der Waals surface area contributed by atoms with Gasteiger partial charge in [-0.15, -0.1) is 0 Å². The normalized spacial score (nSPS) is 12.4. The number of aromatic nitrogens is 1. The molecular weight excluding hydrogens is 222 g/mol. The highest BCUT2D eigenvalue weighted by Gasteiger charge is 2.13. The molecule has 1 aromatic heterocycles. The minimum Gasteiger partial charge on any atom is -0.388 e. The van der Waals surface area contributed by atoms with Crippen LogP contribution in [-0.4, -0.2) is 10.1 Å². The second-order valence-electron chi connectivity index (χ2n) is 4.77. The van der Waals surface area contributed by atoms with E-state index >= 15 is 0 Å². The molecule has 0 saturated carbocycles. The number of nitrogens with zero attached hydrogens (tertiary/aromatic N) is 1. The van der Waals surface area contributed by atoms with E-state index in [1.165, 1.54) is 16.7 Å². The van der Waals surface area contributed by atoms with Gasteiger partial charge in [0.2, 0.25) is 0 Å². The maximum atomic E-state index is 10.4. The van der Waals surface area contributed by atoms with Crippen LogP contribution in [0.5, 0.6) is 0 Å². The Labute approximate surface area is 108 Å². The zero-order valence-corrected chi connectivity index (χ0v) is 11.1. The van der Waals surface area contributed by atoms with E-state index in [1.54, 1.807) is 6.20 Å². The van der Waals surface area contributed by atoms with Crippen molar-refractivity contribution in [2.24, 2.45) is 0 Å². The van der Waals surface area contributed by atoms with Gasteiger partial charge in [0.15, 0.2) is 0 Å². The summed E-state index contributed by atoms with van der Waals surface area (Å²) in [5.74, 6) is 0. The predicted molar refractivity (Wildman–Crippen MR) is 73.6 cm³/mol. The van der Waals surface area contributed by atoms with Gasteiger partial charge in [-0.05, 0) is 43.5 Å². The van der Waals surface area contributed by atoms with Gasteiger partial charge in [0, 0.05) is 23.9 Å². The minimum atomic E-state index is -0.488. The van der Waals surface area contributed by atoms with Crippen molar-refractivity contribution < 1.29 is 5.11 Å². The third-order valence-electron chi connectivity index (χ3n) is 3.45. The number of aryl methyl sites for hydroxylation is 3. The third-order valence-corrected chi connectivity index (χ3v) is 3.45. The van der Waals surface area contributed by atoms with Crippen LogP contribution in [0.15, 0.2) is 36.5 Å². The summed E-state index contributed by atoms with van der Waals surface area (Å²) in [6.07, 6.45) is 1.91. The molecule has 0 aliphatic heterocycles. The molecule has 0 amide bonds. The molecular formula is C16H19NO. The van der Waals surface area contributed by atoms with Crippen LogP contribution in [0.4, 0.5) is 0 Å². The third kappa shape index (κ3) is 2.59. The summed E-state index contributed by atoms with van der Waals surface area (Å²) in [6.45, 7) is 6.11. The Balaban J connectivity index is 2.27. The van der Waals surface area contributed by atoms with E-state index in [2.05, 4.69) is 37.0 Å². The number of pyridine rings is 1. The number of aliphatic hydroxyl groups is 1. The molecule has 0 aliphatic rings. The molecule has 2 nitrogen and oxygen atoms in total. The first-order valence-corrected chi connectivity index (χ1v) is 6.24. The molecule has 94 valence electrons. The molecule has 1 heterocycles. The molecule has 2 heteroatoms. The van der Waals surface area contributed by atoms with E-state index in [0.29, 0.717) is 6.42 Å². The Morgan fingerprint density at radius 2 is 1.72 bits per heavy atom. The van der Waals surface area contributed by atoms with Gasteiger partial charge in [-0.25, -0.2) is 0 Å². The number of hydrogen-bond acceptors (Lipinski definition) is 2. The first-order valence-electron chi connectivity index (χ1n) is 6.24. The van der Waals surface area contributed by atoms with Gasteiger partial charge in [0.1, 0.15) is 0 Å². The number of benzene rings is 1. The highest BCUT2D eigenvalue weighted by molar-refractivity contribution is 5.35. The molecule has 1 N–H and O–H groups in total. The van der Waals surface area contributed by atoms with Crippen LogP contribution in [0.1, 0.15) is 34.1 Å².